The second kappa shape index (κ2) is 7.98. The molecule has 3 heterocycles. The topological polar surface area (TPSA) is 65.8 Å². The molecule has 4 rings (SSSR count). The van der Waals surface area contributed by atoms with Crippen molar-refractivity contribution in [3.8, 4) is 0 Å². The maximum Gasteiger partial charge on any atom is 0.271 e. The number of amides is 1. The summed E-state index contributed by atoms with van der Waals surface area (Å²) in [6.45, 7) is 6.55. The van der Waals surface area contributed by atoms with E-state index in [1.807, 2.05) is 28.8 Å². The van der Waals surface area contributed by atoms with E-state index < -0.39 is 0 Å². The number of rotatable bonds is 5. The highest BCUT2D eigenvalue weighted by Crippen LogP contribution is 2.21. The van der Waals surface area contributed by atoms with Gasteiger partial charge in [-0.3, -0.25) is 9.20 Å². The molecule has 1 aromatic carbocycles. The van der Waals surface area contributed by atoms with Gasteiger partial charge in [-0.25, -0.2) is 9.97 Å². The Morgan fingerprint density at radius 2 is 1.93 bits per heavy atom. The van der Waals surface area contributed by atoms with Gasteiger partial charge in [0.15, 0.2) is 5.65 Å². The number of carbonyl (C=O) groups is 1. The van der Waals surface area contributed by atoms with Crippen LogP contribution in [0.2, 0.25) is 0 Å². The summed E-state index contributed by atoms with van der Waals surface area (Å²) in [4.78, 5) is 26.2. The van der Waals surface area contributed by atoms with Crippen LogP contribution in [0, 0.1) is 0 Å². The summed E-state index contributed by atoms with van der Waals surface area (Å²) in [6, 6.07) is 10.2. The van der Waals surface area contributed by atoms with E-state index in [0.29, 0.717) is 12.2 Å². The Hall–Kier alpha value is -2.93. The number of carbonyl (C=O) groups excluding carboxylic acids is 1. The minimum atomic E-state index is -0.157. The van der Waals surface area contributed by atoms with Gasteiger partial charge < -0.3 is 15.1 Å². The molecule has 1 fully saturated rings. The van der Waals surface area contributed by atoms with Gasteiger partial charge in [-0.2, -0.15) is 0 Å². The van der Waals surface area contributed by atoms with Gasteiger partial charge >= 0.3 is 0 Å². The summed E-state index contributed by atoms with van der Waals surface area (Å²) in [6.07, 6.45) is 5.29. The first-order chi connectivity index (χ1) is 13.6. The zero-order chi connectivity index (χ0) is 19.5. The van der Waals surface area contributed by atoms with E-state index in [0.717, 1.165) is 37.5 Å². The average molecular weight is 378 g/mol. The van der Waals surface area contributed by atoms with Crippen molar-refractivity contribution in [2.75, 3.05) is 44.7 Å². The van der Waals surface area contributed by atoms with E-state index in [-0.39, 0.29) is 11.8 Å². The SMILES string of the molecule is CC(CNC(=O)c1cn2cncc(N3CCN(C)CC3)c2n1)c1ccccc1. The molecule has 146 valence electrons. The lowest BCUT2D eigenvalue weighted by Crippen LogP contribution is -2.44. The Bertz CT molecular complexity index is 946. The Balaban J connectivity index is 1.48. The van der Waals surface area contributed by atoms with Crippen LogP contribution in [-0.4, -0.2) is 64.9 Å². The highest BCUT2D eigenvalue weighted by atomic mass is 16.1. The molecular weight excluding hydrogens is 352 g/mol. The summed E-state index contributed by atoms with van der Waals surface area (Å²) in [5, 5.41) is 3.01. The van der Waals surface area contributed by atoms with Gasteiger partial charge in [0.2, 0.25) is 0 Å². The Morgan fingerprint density at radius 3 is 2.68 bits per heavy atom. The zero-order valence-corrected chi connectivity index (χ0v) is 16.4. The molecule has 7 heteroatoms. The van der Waals surface area contributed by atoms with E-state index >= 15 is 0 Å². The number of hydrogen-bond acceptors (Lipinski definition) is 5. The number of nitrogens with zero attached hydrogens (tertiary/aromatic N) is 5. The Kier molecular flexibility index (Phi) is 5.25. The van der Waals surface area contributed by atoms with Gasteiger partial charge in [-0.15, -0.1) is 0 Å². The highest BCUT2D eigenvalue weighted by Gasteiger charge is 2.20. The van der Waals surface area contributed by atoms with Crippen molar-refractivity contribution < 1.29 is 4.79 Å². The lowest BCUT2D eigenvalue weighted by molar-refractivity contribution is 0.0947. The molecule has 1 saturated heterocycles. The monoisotopic (exact) mass is 378 g/mol. The van der Waals surface area contributed by atoms with Crippen LogP contribution in [0.5, 0.6) is 0 Å². The number of piperazine rings is 1. The van der Waals surface area contributed by atoms with Gasteiger partial charge in [0.1, 0.15) is 12.0 Å². The third kappa shape index (κ3) is 3.84. The van der Waals surface area contributed by atoms with Crippen molar-refractivity contribution in [2.24, 2.45) is 0 Å². The number of benzene rings is 1. The summed E-state index contributed by atoms with van der Waals surface area (Å²) in [7, 11) is 2.13. The van der Waals surface area contributed by atoms with Crippen LogP contribution in [-0.2, 0) is 0 Å². The van der Waals surface area contributed by atoms with Crippen LogP contribution in [0.15, 0.2) is 49.1 Å². The molecule has 1 N–H and O–H groups in total. The van der Waals surface area contributed by atoms with Crippen LogP contribution in [0.4, 0.5) is 5.69 Å². The molecule has 0 radical (unpaired) electrons. The van der Waals surface area contributed by atoms with E-state index in [4.69, 9.17) is 0 Å². The number of aromatic nitrogens is 3. The van der Waals surface area contributed by atoms with Crippen molar-refractivity contribution >= 4 is 17.2 Å². The molecule has 3 aromatic rings. The molecular formula is C21H26N6O. The van der Waals surface area contributed by atoms with E-state index in [1.165, 1.54) is 5.56 Å². The standard InChI is InChI=1S/C21H26N6O/c1-16(17-6-4-3-5-7-17)12-23-21(28)18-14-27-15-22-13-19(20(27)24-18)26-10-8-25(2)9-11-26/h3-7,13-16H,8-12H2,1-2H3,(H,23,28). The van der Waals surface area contributed by atoms with Crippen LogP contribution in [0.25, 0.3) is 5.65 Å². The summed E-state index contributed by atoms with van der Waals surface area (Å²) >= 11 is 0. The van der Waals surface area contributed by atoms with Crippen LogP contribution in [0.3, 0.4) is 0 Å². The molecule has 0 aliphatic carbocycles. The Labute approximate surface area is 165 Å². The van der Waals surface area contributed by atoms with Gasteiger partial charge in [-0.05, 0) is 18.5 Å². The van der Waals surface area contributed by atoms with E-state index in [9.17, 15) is 4.79 Å². The second-order valence-corrected chi connectivity index (χ2v) is 7.45. The number of fused-ring (bicyclic) bond motifs is 1. The summed E-state index contributed by atoms with van der Waals surface area (Å²) in [5.41, 5.74) is 3.39. The fraction of sp³-hybridized carbons (Fsp3) is 0.381. The number of likely N-dealkylation sites (N-methyl/N-ethyl adjacent to an activating group) is 1. The molecule has 1 aliphatic rings. The van der Waals surface area contributed by atoms with Crippen molar-refractivity contribution in [3.63, 3.8) is 0 Å². The third-order valence-electron chi connectivity index (χ3n) is 5.36. The van der Waals surface area contributed by atoms with E-state index in [1.54, 1.807) is 12.5 Å². The van der Waals surface area contributed by atoms with Crippen LogP contribution < -0.4 is 10.2 Å². The van der Waals surface area contributed by atoms with Crippen LogP contribution in [0.1, 0.15) is 28.9 Å². The normalized spacial score (nSPS) is 16.3. The van der Waals surface area contributed by atoms with E-state index in [2.05, 4.69) is 51.2 Å². The molecule has 0 saturated carbocycles. The predicted octanol–water partition coefficient (Wildman–Crippen LogP) is 2.01. The average Bonchev–Trinajstić information content (AvgIpc) is 3.17. The molecule has 2 aromatic heterocycles. The molecule has 1 atom stereocenters. The number of nitrogens with one attached hydrogen (secondary N) is 1. The first-order valence-corrected chi connectivity index (χ1v) is 9.71. The molecule has 7 nitrogen and oxygen atoms in total. The quantitative estimate of drug-likeness (QED) is 0.736. The molecule has 1 aliphatic heterocycles. The van der Waals surface area contributed by atoms with Gasteiger partial charge in [0.25, 0.3) is 5.91 Å². The predicted molar refractivity (Wildman–Crippen MR) is 110 cm³/mol. The fourth-order valence-corrected chi connectivity index (χ4v) is 3.52. The van der Waals surface area contributed by atoms with Crippen molar-refractivity contribution in [1.82, 2.24) is 24.6 Å². The maximum absolute atomic E-state index is 12.7. The van der Waals surface area contributed by atoms with Crippen molar-refractivity contribution in [3.05, 3.63) is 60.3 Å². The van der Waals surface area contributed by atoms with Crippen molar-refractivity contribution in [2.45, 2.75) is 12.8 Å². The van der Waals surface area contributed by atoms with Crippen molar-refractivity contribution in [1.29, 1.82) is 0 Å². The maximum atomic E-state index is 12.7. The fourth-order valence-electron chi connectivity index (χ4n) is 3.52. The lowest BCUT2D eigenvalue weighted by atomic mass is 10.0. The summed E-state index contributed by atoms with van der Waals surface area (Å²) in [5.74, 6) is 0.0838. The minimum absolute atomic E-state index is 0.157. The highest BCUT2D eigenvalue weighted by molar-refractivity contribution is 5.93. The van der Waals surface area contributed by atoms with Gasteiger partial charge in [0, 0.05) is 38.9 Å². The molecule has 1 amide bonds. The smallest absolute Gasteiger partial charge is 0.271 e. The molecule has 28 heavy (non-hydrogen) atoms. The Morgan fingerprint density at radius 1 is 1.18 bits per heavy atom. The largest absolute Gasteiger partial charge is 0.365 e. The molecule has 0 bridgehead atoms. The lowest BCUT2D eigenvalue weighted by Gasteiger charge is -2.33. The second-order valence-electron chi connectivity index (χ2n) is 7.45. The molecule has 1 unspecified atom stereocenters. The first-order valence-electron chi connectivity index (χ1n) is 9.71. The third-order valence-corrected chi connectivity index (χ3v) is 5.36. The molecule has 0 spiro atoms. The van der Waals surface area contributed by atoms with Crippen LogP contribution >= 0.6 is 0 Å². The van der Waals surface area contributed by atoms with Gasteiger partial charge in [0.05, 0.1) is 11.9 Å². The van der Waals surface area contributed by atoms with Gasteiger partial charge in [-0.1, -0.05) is 37.3 Å². The number of imidazole rings is 1. The zero-order valence-electron chi connectivity index (χ0n) is 16.4. The number of hydrogen-bond donors (Lipinski definition) is 1. The minimum Gasteiger partial charge on any atom is -0.365 e. The number of anilines is 1. The first kappa shape index (κ1) is 18.4. The summed E-state index contributed by atoms with van der Waals surface area (Å²) < 4.78 is 1.84.